The van der Waals surface area contributed by atoms with Gasteiger partial charge in [-0.15, -0.1) is 0 Å². The Bertz CT molecular complexity index is 703. The summed E-state index contributed by atoms with van der Waals surface area (Å²) in [5.74, 6) is 0. The summed E-state index contributed by atoms with van der Waals surface area (Å²) in [5, 5.41) is 0. The van der Waals surface area contributed by atoms with Crippen molar-refractivity contribution in [3.05, 3.63) is 77.4 Å². The highest BCUT2D eigenvalue weighted by Gasteiger charge is 2.11. The smallest absolute Gasteiger partial charge is 0.0921 e. The molecule has 1 aromatic heterocycles. The van der Waals surface area contributed by atoms with Crippen molar-refractivity contribution in [2.45, 2.75) is 33.1 Å². The summed E-state index contributed by atoms with van der Waals surface area (Å²) >= 11 is 0. The number of hydrogen-bond donors (Lipinski definition) is 1. The molecule has 0 spiro atoms. The van der Waals surface area contributed by atoms with Crippen LogP contribution in [0.15, 0.2) is 55.0 Å². The molecule has 22 heavy (non-hydrogen) atoms. The molecule has 2 aromatic carbocycles. The molecule has 0 saturated carbocycles. The summed E-state index contributed by atoms with van der Waals surface area (Å²) in [6, 6.07) is 15.3. The Labute approximate surface area is 132 Å². The van der Waals surface area contributed by atoms with E-state index in [-0.39, 0.29) is 0 Å². The van der Waals surface area contributed by atoms with Gasteiger partial charge in [-0.2, -0.15) is 0 Å². The number of aromatic nitrogens is 2. The maximum absolute atomic E-state index is 4.14. The van der Waals surface area contributed by atoms with Crippen molar-refractivity contribution < 1.29 is 0 Å². The Morgan fingerprint density at radius 1 is 0.909 bits per heavy atom. The minimum absolute atomic E-state index is 0.932. The van der Waals surface area contributed by atoms with Gasteiger partial charge in [0.25, 0.3) is 0 Å². The van der Waals surface area contributed by atoms with Gasteiger partial charge in [0.05, 0.1) is 6.33 Å². The predicted molar refractivity (Wildman–Crippen MR) is 92.0 cm³/mol. The van der Waals surface area contributed by atoms with E-state index in [9.17, 15) is 0 Å². The van der Waals surface area contributed by atoms with Crippen LogP contribution in [-0.4, -0.2) is 9.97 Å². The Morgan fingerprint density at radius 2 is 1.59 bits per heavy atom. The molecule has 0 aliphatic carbocycles. The van der Waals surface area contributed by atoms with E-state index in [0.29, 0.717) is 0 Å². The van der Waals surface area contributed by atoms with Gasteiger partial charge in [0.2, 0.25) is 0 Å². The number of nitrogens with zero attached hydrogens (tertiary/aromatic N) is 1. The molecule has 3 rings (SSSR count). The topological polar surface area (TPSA) is 28.7 Å². The molecule has 1 N–H and O–H groups in total. The van der Waals surface area contributed by atoms with Crippen LogP contribution in [0.4, 0.5) is 0 Å². The first-order valence-electron chi connectivity index (χ1n) is 7.99. The zero-order chi connectivity index (χ0) is 15.4. The fraction of sp³-hybridized carbons (Fsp3) is 0.250. The van der Waals surface area contributed by atoms with Crippen LogP contribution in [0.5, 0.6) is 0 Å². The molecule has 2 heteroatoms. The number of aryl methyl sites for hydroxylation is 2. The van der Waals surface area contributed by atoms with Crippen LogP contribution < -0.4 is 0 Å². The monoisotopic (exact) mass is 290 g/mol. The Kier molecular flexibility index (Phi) is 4.38. The first-order chi connectivity index (χ1) is 10.8. The summed E-state index contributed by atoms with van der Waals surface area (Å²) in [6.45, 7) is 4.47. The van der Waals surface area contributed by atoms with E-state index >= 15 is 0 Å². The molecule has 3 aromatic rings. The van der Waals surface area contributed by atoms with Crippen molar-refractivity contribution in [2.75, 3.05) is 0 Å². The lowest BCUT2D eigenvalue weighted by Gasteiger charge is -2.16. The van der Waals surface area contributed by atoms with Gasteiger partial charge < -0.3 is 4.98 Å². The molecule has 0 bridgehead atoms. The van der Waals surface area contributed by atoms with Crippen LogP contribution in [0.3, 0.4) is 0 Å². The maximum atomic E-state index is 4.14. The molecule has 0 radical (unpaired) electrons. The average Bonchev–Trinajstić information content (AvgIpc) is 3.09. The van der Waals surface area contributed by atoms with Crippen LogP contribution in [0.25, 0.3) is 11.1 Å². The first-order valence-corrected chi connectivity index (χ1v) is 7.99. The van der Waals surface area contributed by atoms with Crippen LogP contribution in [-0.2, 0) is 19.3 Å². The lowest BCUT2D eigenvalue weighted by Crippen LogP contribution is -2.02. The number of imidazole rings is 1. The fourth-order valence-corrected chi connectivity index (χ4v) is 3.02. The molecule has 0 amide bonds. The summed E-state index contributed by atoms with van der Waals surface area (Å²) in [4.78, 5) is 7.36. The zero-order valence-corrected chi connectivity index (χ0v) is 13.3. The lowest BCUT2D eigenvalue weighted by atomic mass is 9.90. The van der Waals surface area contributed by atoms with Crippen molar-refractivity contribution in [2.24, 2.45) is 0 Å². The second-order valence-corrected chi connectivity index (χ2v) is 5.60. The van der Waals surface area contributed by atoms with Crippen LogP contribution >= 0.6 is 0 Å². The fourth-order valence-electron chi connectivity index (χ4n) is 3.02. The summed E-state index contributed by atoms with van der Waals surface area (Å²) < 4.78 is 0. The van der Waals surface area contributed by atoms with Crippen molar-refractivity contribution in [3.63, 3.8) is 0 Å². The van der Waals surface area contributed by atoms with Gasteiger partial charge in [-0.25, -0.2) is 4.98 Å². The molecule has 0 aliphatic heterocycles. The second-order valence-electron chi connectivity index (χ2n) is 5.60. The minimum Gasteiger partial charge on any atom is -0.348 e. The number of benzene rings is 2. The Balaban J connectivity index is 2.07. The third-order valence-electron chi connectivity index (χ3n) is 4.23. The molecular formula is C20H22N2. The predicted octanol–water partition coefficient (Wildman–Crippen LogP) is 4.79. The van der Waals surface area contributed by atoms with Crippen molar-refractivity contribution >= 4 is 0 Å². The van der Waals surface area contributed by atoms with E-state index in [1.54, 1.807) is 6.33 Å². The van der Waals surface area contributed by atoms with E-state index in [1.165, 1.54) is 33.5 Å². The summed E-state index contributed by atoms with van der Waals surface area (Å²) in [5.41, 5.74) is 8.12. The molecule has 0 saturated heterocycles. The van der Waals surface area contributed by atoms with Crippen LogP contribution in [0, 0.1) is 0 Å². The summed E-state index contributed by atoms with van der Waals surface area (Å²) in [7, 11) is 0. The highest BCUT2D eigenvalue weighted by atomic mass is 14.9. The van der Waals surface area contributed by atoms with Gasteiger partial charge in [0.1, 0.15) is 0 Å². The van der Waals surface area contributed by atoms with Gasteiger partial charge in [-0.1, -0.05) is 56.3 Å². The third-order valence-corrected chi connectivity index (χ3v) is 4.23. The zero-order valence-electron chi connectivity index (χ0n) is 13.3. The largest absolute Gasteiger partial charge is 0.348 e. The molecule has 0 fully saturated rings. The minimum atomic E-state index is 0.932. The number of H-pyrrole nitrogens is 1. The Hall–Kier alpha value is -2.35. The van der Waals surface area contributed by atoms with Gasteiger partial charge in [-0.05, 0) is 40.7 Å². The van der Waals surface area contributed by atoms with Crippen molar-refractivity contribution in [1.29, 1.82) is 0 Å². The summed E-state index contributed by atoms with van der Waals surface area (Å²) in [6.07, 6.45) is 6.71. The second kappa shape index (κ2) is 6.61. The lowest BCUT2D eigenvalue weighted by molar-refractivity contribution is 0.983. The van der Waals surface area contributed by atoms with Crippen LogP contribution in [0.1, 0.15) is 36.2 Å². The quantitative estimate of drug-likeness (QED) is 0.719. The number of aromatic amines is 1. The Morgan fingerprint density at radius 3 is 2.14 bits per heavy atom. The normalized spacial score (nSPS) is 10.8. The maximum Gasteiger partial charge on any atom is 0.0921 e. The van der Waals surface area contributed by atoms with E-state index in [2.05, 4.69) is 66.3 Å². The molecule has 1 heterocycles. The van der Waals surface area contributed by atoms with Crippen molar-refractivity contribution in [3.8, 4) is 11.1 Å². The molecular weight excluding hydrogens is 268 g/mol. The molecule has 0 aliphatic rings. The number of nitrogens with one attached hydrogen (secondary N) is 1. The highest BCUT2D eigenvalue weighted by Crippen LogP contribution is 2.28. The number of rotatable bonds is 5. The SMILES string of the molecule is CCc1cc(-c2ccccc2)cc(CC)c1Cc1cnc[nH]1. The average molecular weight is 290 g/mol. The first kappa shape index (κ1) is 14.6. The van der Waals surface area contributed by atoms with Gasteiger partial charge in [0.15, 0.2) is 0 Å². The van der Waals surface area contributed by atoms with E-state index < -0.39 is 0 Å². The van der Waals surface area contributed by atoms with Crippen LogP contribution in [0.2, 0.25) is 0 Å². The number of hydrogen-bond acceptors (Lipinski definition) is 1. The van der Waals surface area contributed by atoms with E-state index in [0.717, 1.165) is 19.3 Å². The van der Waals surface area contributed by atoms with Gasteiger partial charge in [0, 0.05) is 18.3 Å². The molecule has 0 unspecified atom stereocenters. The van der Waals surface area contributed by atoms with Gasteiger partial charge >= 0.3 is 0 Å². The highest BCUT2D eigenvalue weighted by molar-refractivity contribution is 5.66. The third kappa shape index (κ3) is 2.96. The standard InChI is InChI=1S/C20H22N2/c1-3-15-10-18(17-8-6-5-7-9-17)11-16(4-2)20(15)12-19-13-21-14-22-19/h5-11,13-14H,3-4,12H2,1-2H3,(H,21,22). The van der Waals surface area contributed by atoms with E-state index in [1.807, 2.05) is 6.20 Å². The molecule has 0 atom stereocenters. The molecule has 2 nitrogen and oxygen atoms in total. The molecule has 112 valence electrons. The van der Waals surface area contributed by atoms with E-state index in [4.69, 9.17) is 0 Å². The van der Waals surface area contributed by atoms with Crippen molar-refractivity contribution in [1.82, 2.24) is 9.97 Å². The van der Waals surface area contributed by atoms with Gasteiger partial charge in [-0.3, -0.25) is 0 Å².